The zero-order chi connectivity index (χ0) is 9.64. The molecule has 1 fully saturated rings. The third-order valence-corrected chi connectivity index (χ3v) is 1.81. The largest absolute Gasteiger partial charge is 0.435 e. The summed E-state index contributed by atoms with van der Waals surface area (Å²) >= 11 is 0. The van der Waals surface area contributed by atoms with Crippen LogP contribution < -0.4 is 0 Å². The number of nitrogens with zero attached hydrogens (tertiary/aromatic N) is 2. The summed E-state index contributed by atoms with van der Waals surface area (Å²) in [6.45, 7) is 0.356. The monoisotopic (exact) mass is 192 g/mol. The predicted octanol–water partition coefficient (Wildman–Crippen LogP) is 1.51. The minimum absolute atomic E-state index is 0.134. The van der Waals surface area contributed by atoms with Crippen molar-refractivity contribution >= 4 is 0 Å². The first-order chi connectivity index (χ1) is 5.98. The molecule has 0 N–H and O–H groups in total. The number of rotatable bonds is 1. The molecular formula is C7H7F3N2O. The molecule has 0 saturated carbocycles. The van der Waals surface area contributed by atoms with E-state index in [9.17, 15) is 13.2 Å². The summed E-state index contributed by atoms with van der Waals surface area (Å²) < 4.78 is 42.9. The zero-order valence-corrected chi connectivity index (χ0v) is 6.80. The number of hydrogen-bond acceptors (Lipinski definition) is 2. The molecule has 1 aromatic rings. The minimum atomic E-state index is -4.39. The number of hydrogen-bond donors (Lipinski definition) is 0. The molecule has 0 radical (unpaired) electrons. The van der Waals surface area contributed by atoms with Crippen LogP contribution in [0.5, 0.6) is 0 Å². The van der Waals surface area contributed by atoms with Crippen molar-refractivity contribution in [1.29, 1.82) is 0 Å². The van der Waals surface area contributed by atoms with E-state index in [4.69, 9.17) is 4.74 Å². The van der Waals surface area contributed by atoms with Gasteiger partial charge >= 0.3 is 6.18 Å². The lowest BCUT2D eigenvalue weighted by molar-refractivity contribution is -0.142. The highest BCUT2D eigenvalue weighted by molar-refractivity contribution is 5.25. The molecule has 1 aliphatic rings. The number of aromatic nitrogens is 2. The Morgan fingerprint density at radius 2 is 2.23 bits per heavy atom. The van der Waals surface area contributed by atoms with Crippen molar-refractivity contribution < 1.29 is 17.9 Å². The Hall–Kier alpha value is -1.04. The maximum absolute atomic E-state index is 12.3. The Balaban J connectivity index is 2.42. The summed E-state index contributed by atoms with van der Waals surface area (Å²) in [5.41, 5.74) is -0.701. The van der Waals surface area contributed by atoms with Crippen molar-refractivity contribution in [2.24, 2.45) is 7.05 Å². The van der Waals surface area contributed by atoms with Crippen molar-refractivity contribution in [3.63, 3.8) is 0 Å². The first-order valence-corrected chi connectivity index (χ1v) is 3.71. The molecule has 0 amide bonds. The average molecular weight is 192 g/mol. The molecule has 1 aliphatic heterocycles. The minimum Gasteiger partial charge on any atom is -0.368 e. The van der Waals surface area contributed by atoms with Gasteiger partial charge in [0.2, 0.25) is 0 Å². The molecule has 0 aromatic carbocycles. The normalized spacial score (nSPS) is 22.0. The molecule has 2 heterocycles. The summed E-state index contributed by atoms with van der Waals surface area (Å²) in [5.74, 6) is 0. The van der Waals surface area contributed by atoms with E-state index < -0.39 is 18.0 Å². The van der Waals surface area contributed by atoms with Crippen LogP contribution in [0.15, 0.2) is 6.20 Å². The lowest BCUT2D eigenvalue weighted by Gasteiger charge is -2.03. The Labute approximate surface area is 72.1 Å². The van der Waals surface area contributed by atoms with Crippen LogP contribution in [-0.2, 0) is 18.0 Å². The van der Waals surface area contributed by atoms with E-state index in [1.165, 1.54) is 13.2 Å². The van der Waals surface area contributed by atoms with Gasteiger partial charge in [0.1, 0.15) is 6.10 Å². The van der Waals surface area contributed by atoms with Gasteiger partial charge in [-0.2, -0.15) is 18.3 Å². The third-order valence-electron chi connectivity index (χ3n) is 1.81. The molecule has 2 rings (SSSR count). The number of ether oxygens (including phenoxy) is 1. The SMILES string of the molecule is Cn1cc([C@H]2CO2)c(C(F)(F)F)n1. The second-order valence-electron chi connectivity index (χ2n) is 2.93. The van der Waals surface area contributed by atoms with Gasteiger partial charge in [-0.05, 0) is 0 Å². The molecular weight excluding hydrogens is 185 g/mol. The van der Waals surface area contributed by atoms with Crippen LogP contribution in [0.25, 0.3) is 0 Å². The predicted molar refractivity (Wildman–Crippen MR) is 36.9 cm³/mol. The van der Waals surface area contributed by atoms with Crippen LogP contribution in [0.4, 0.5) is 13.2 Å². The van der Waals surface area contributed by atoms with Gasteiger partial charge < -0.3 is 4.74 Å². The van der Waals surface area contributed by atoms with Gasteiger partial charge in [-0.1, -0.05) is 0 Å². The summed E-state index contributed by atoms with van der Waals surface area (Å²) in [6.07, 6.45) is -3.45. The highest BCUT2D eigenvalue weighted by Gasteiger charge is 2.42. The Kier molecular flexibility index (Phi) is 1.63. The molecule has 1 saturated heterocycles. The van der Waals surface area contributed by atoms with E-state index in [1.807, 2.05) is 0 Å². The summed E-state index contributed by atoms with van der Waals surface area (Å²) in [5, 5.41) is 3.35. The van der Waals surface area contributed by atoms with Gasteiger partial charge in [0, 0.05) is 18.8 Å². The standard InChI is InChI=1S/C7H7F3N2O/c1-12-2-4(5-3-13-5)6(11-12)7(8,9)10/h2,5H,3H2,1H3/t5-/m1/s1. The van der Waals surface area contributed by atoms with Crippen LogP contribution in [0.2, 0.25) is 0 Å². The number of alkyl halides is 3. The molecule has 1 atom stereocenters. The molecule has 13 heavy (non-hydrogen) atoms. The number of epoxide rings is 1. The van der Waals surface area contributed by atoms with Crippen molar-refractivity contribution in [2.75, 3.05) is 6.61 Å². The van der Waals surface area contributed by atoms with Gasteiger partial charge in [-0.25, -0.2) is 0 Å². The van der Waals surface area contributed by atoms with Crippen LogP contribution in [0.1, 0.15) is 17.4 Å². The van der Waals surface area contributed by atoms with Crippen LogP contribution in [0.3, 0.4) is 0 Å². The summed E-state index contributed by atoms with van der Waals surface area (Å²) in [7, 11) is 1.46. The Morgan fingerprint density at radius 3 is 2.69 bits per heavy atom. The fourth-order valence-electron chi connectivity index (χ4n) is 1.19. The Morgan fingerprint density at radius 1 is 1.62 bits per heavy atom. The van der Waals surface area contributed by atoms with Crippen molar-refractivity contribution in [3.05, 3.63) is 17.5 Å². The van der Waals surface area contributed by atoms with Gasteiger partial charge in [0.25, 0.3) is 0 Å². The molecule has 0 spiro atoms. The second-order valence-corrected chi connectivity index (χ2v) is 2.93. The van der Waals surface area contributed by atoms with Gasteiger partial charge in [0.05, 0.1) is 6.61 Å². The highest BCUT2D eigenvalue weighted by Crippen LogP contribution is 2.38. The lowest BCUT2D eigenvalue weighted by Crippen LogP contribution is -2.09. The van der Waals surface area contributed by atoms with Crippen LogP contribution in [-0.4, -0.2) is 16.4 Å². The van der Waals surface area contributed by atoms with E-state index in [0.717, 1.165) is 4.68 Å². The Bertz CT molecular complexity index is 327. The maximum Gasteiger partial charge on any atom is 0.435 e. The molecule has 0 unspecified atom stereocenters. The second kappa shape index (κ2) is 2.47. The summed E-state index contributed by atoms with van der Waals surface area (Å²) in [6, 6.07) is 0. The van der Waals surface area contributed by atoms with Gasteiger partial charge in [-0.3, -0.25) is 4.68 Å². The first-order valence-electron chi connectivity index (χ1n) is 3.71. The average Bonchev–Trinajstić information content (AvgIpc) is 2.73. The molecule has 6 heteroatoms. The fraction of sp³-hybridized carbons (Fsp3) is 0.571. The smallest absolute Gasteiger partial charge is 0.368 e. The van der Waals surface area contributed by atoms with Crippen molar-refractivity contribution in [3.8, 4) is 0 Å². The maximum atomic E-state index is 12.3. The van der Waals surface area contributed by atoms with Crippen LogP contribution >= 0.6 is 0 Å². The van der Waals surface area contributed by atoms with Gasteiger partial charge in [-0.15, -0.1) is 0 Å². The molecule has 1 aromatic heterocycles. The topological polar surface area (TPSA) is 30.4 Å². The molecule has 0 bridgehead atoms. The number of halogens is 3. The molecule has 3 nitrogen and oxygen atoms in total. The van der Waals surface area contributed by atoms with E-state index in [2.05, 4.69) is 5.10 Å². The molecule has 72 valence electrons. The summed E-state index contributed by atoms with van der Waals surface area (Å²) in [4.78, 5) is 0. The van der Waals surface area contributed by atoms with Crippen molar-refractivity contribution in [1.82, 2.24) is 9.78 Å². The fourth-order valence-corrected chi connectivity index (χ4v) is 1.19. The van der Waals surface area contributed by atoms with E-state index in [-0.39, 0.29) is 5.56 Å². The highest BCUT2D eigenvalue weighted by atomic mass is 19.4. The van der Waals surface area contributed by atoms with E-state index in [0.29, 0.717) is 6.61 Å². The zero-order valence-electron chi connectivity index (χ0n) is 6.80. The van der Waals surface area contributed by atoms with E-state index >= 15 is 0 Å². The molecule has 0 aliphatic carbocycles. The lowest BCUT2D eigenvalue weighted by atomic mass is 10.2. The van der Waals surface area contributed by atoms with Gasteiger partial charge in [0.15, 0.2) is 5.69 Å². The first kappa shape index (κ1) is 8.55. The van der Waals surface area contributed by atoms with E-state index in [1.54, 1.807) is 0 Å². The quantitative estimate of drug-likeness (QED) is 0.631. The van der Waals surface area contributed by atoms with Crippen molar-refractivity contribution in [2.45, 2.75) is 12.3 Å². The number of aryl methyl sites for hydroxylation is 1. The third kappa shape index (κ3) is 1.53. The van der Waals surface area contributed by atoms with Crippen LogP contribution in [0, 0.1) is 0 Å².